The number of ether oxygens (including phenoxy) is 3. The lowest BCUT2D eigenvalue weighted by molar-refractivity contribution is 0.0733. The van der Waals surface area contributed by atoms with E-state index in [2.05, 4.69) is 52.0 Å². The number of esters is 1. The Labute approximate surface area is 184 Å². The second-order valence-electron chi connectivity index (χ2n) is 8.88. The third kappa shape index (κ3) is 6.11. The molecule has 0 saturated heterocycles. The van der Waals surface area contributed by atoms with Crippen molar-refractivity contribution in [3.05, 3.63) is 90.0 Å². The van der Waals surface area contributed by atoms with Gasteiger partial charge in [0.15, 0.2) is 0 Å². The van der Waals surface area contributed by atoms with Crippen molar-refractivity contribution in [2.75, 3.05) is 7.11 Å². The van der Waals surface area contributed by atoms with E-state index in [1.807, 2.05) is 18.2 Å². The largest absolute Gasteiger partial charge is 0.497 e. The molecule has 0 spiro atoms. The normalized spacial score (nSPS) is 11.6. The molecular formula is C27H30O4. The summed E-state index contributed by atoms with van der Waals surface area (Å²) in [7, 11) is 1.59. The predicted molar refractivity (Wildman–Crippen MR) is 123 cm³/mol. The molecule has 0 atom stereocenters. The highest BCUT2D eigenvalue weighted by atomic mass is 16.5. The van der Waals surface area contributed by atoms with Crippen LogP contribution in [0.15, 0.2) is 78.9 Å². The molecule has 0 N–H and O–H groups in total. The molecule has 0 radical (unpaired) electrons. The molecule has 162 valence electrons. The lowest BCUT2D eigenvalue weighted by Crippen LogP contribution is -2.36. The van der Waals surface area contributed by atoms with E-state index in [0.29, 0.717) is 17.1 Å². The first-order chi connectivity index (χ1) is 14.7. The summed E-state index contributed by atoms with van der Waals surface area (Å²) in [6, 6.07) is 24.4. The Morgan fingerprint density at radius 2 is 1.29 bits per heavy atom. The summed E-state index contributed by atoms with van der Waals surface area (Å²) in [6.07, 6.45) is 0.839. The zero-order valence-electron chi connectivity index (χ0n) is 18.8. The SMILES string of the molecule is COc1ccc(OC(=O)c2ccc(OC(C)(C)CC(C)(C)c3ccccc3)cc2)cc1. The molecule has 4 nitrogen and oxygen atoms in total. The van der Waals surface area contributed by atoms with Crippen molar-refractivity contribution in [3.63, 3.8) is 0 Å². The molecule has 31 heavy (non-hydrogen) atoms. The summed E-state index contributed by atoms with van der Waals surface area (Å²) in [5.41, 5.74) is 1.33. The molecule has 0 aliphatic heterocycles. The molecule has 3 aromatic rings. The number of methoxy groups -OCH3 is 1. The van der Waals surface area contributed by atoms with Crippen molar-refractivity contribution in [1.82, 2.24) is 0 Å². The van der Waals surface area contributed by atoms with E-state index in [-0.39, 0.29) is 11.0 Å². The van der Waals surface area contributed by atoms with Crippen molar-refractivity contribution in [2.45, 2.75) is 45.1 Å². The Bertz CT molecular complexity index is 988. The first kappa shape index (κ1) is 22.4. The molecule has 0 amide bonds. The molecule has 3 aromatic carbocycles. The van der Waals surface area contributed by atoms with E-state index in [4.69, 9.17) is 14.2 Å². The number of benzene rings is 3. The van der Waals surface area contributed by atoms with E-state index in [0.717, 1.165) is 12.2 Å². The van der Waals surface area contributed by atoms with E-state index < -0.39 is 5.97 Å². The Kier molecular flexibility index (Phi) is 6.69. The van der Waals surface area contributed by atoms with Gasteiger partial charge in [0, 0.05) is 0 Å². The summed E-state index contributed by atoms with van der Waals surface area (Å²) >= 11 is 0. The lowest BCUT2D eigenvalue weighted by atomic mass is 9.76. The number of hydrogen-bond donors (Lipinski definition) is 0. The highest BCUT2D eigenvalue weighted by molar-refractivity contribution is 5.91. The van der Waals surface area contributed by atoms with Gasteiger partial charge in [-0.1, -0.05) is 44.2 Å². The van der Waals surface area contributed by atoms with E-state index in [1.165, 1.54) is 5.56 Å². The Hall–Kier alpha value is -3.27. The average molecular weight is 419 g/mol. The van der Waals surface area contributed by atoms with E-state index >= 15 is 0 Å². The summed E-state index contributed by atoms with van der Waals surface area (Å²) in [5, 5.41) is 0. The molecule has 0 unspecified atom stereocenters. The van der Waals surface area contributed by atoms with Crippen LogP contribution in [0.5, 0.6) is 17.2 Å². The molecule has 4 heteroatoms. The van der Waals surface area contributed by atoms with Gasteiger partial charge >= 0.3 is 5.97 Å². The lowest BCUT2D eigenvalue weighted by Gasteiger charge is -2.35. The van der Waals surface area contributed by atoms with Gasteiger partial charge in [-0.15, -0.1) is 0 Å². The highest BCUT2D eigenvalue weighted by Crippen LogP contribution is 2.34. The molecule has 0 aromatic heterocycles. The topological polar surface area (TPSA) is 44.8 Å². The predicted octanol–water partition coefficient (Wildman–Crippen LogP) is 6.44. The maximum absolute atomic E-state index is 12.4. The smallest absolute Gasteiger partial charge is 0.343 e. The fraction of sp³-hybridized carbons (Fsp3) is 0.296. The van der Waals surface area contributed by atoms with Gasteiger partial charge in [0.25, 0.3) is 0 Å². The van der Waals surface area contributed by atoms with Crippen LogP contribution < -0.4 is 14.2 Å². The van der Waals surface area contributed by atoms with Crippen LogP contribution in [0.1, 0.15) is 50.0 Å². The molecule has 0 saturated carbocycles. The molecule has 0 heterocycles. The van der Waals surface area contributed by atoms with Gasteiger partial charge in [0.05, 0.1) is 12.7 Å². The number of rotatable bonds is 8. The Balaban J connectivity index is 1.63. The molecule has 0 fully saturated rings. The summed E-state index contributed by atoms with van der Waals surface area (Å²) in [4.78, 5) is 12.4. The summed E-state index contributed by atoms with van der Waals surface area (Å²) < 4.78 is 16.8. The Morgan fingerprint density at radius 3 is 1.87 bits per heavy atom. The maximum atomic E-state index is 12.4. The fourth-order valence-electron chi connectivity index (χ4n) is 3.88. The van der Waals surface area contributed by atoms with Gasteiger partial charge in [-0.25, -0.2) is 4.79 Å². The minimum Gasteiger partial charge on any atom is -0.497 e. The van der Waals surface area contributed by atoms with Crippen molar-refractivity contribution in [1.29, 1.82) is 0 Å². The van der Waals surface area contributed by atoms with Crippen LogP contribution in [0.2, 0.25) is 0 Å². The van der Waals surface area contributed by atoms with Gasteiger partial charge in [0.2, 0.25) is 0 Å². The monoisotopic (exact) mass is 418 g/mol. The molecular weight excluding hydrogens is 388 g/mol. The summed E-state index contributed by atoms with van der Waals surface area (Å²) in [5.74, 6) is 1.48. The second-order valence-corrected chi connectivity index (χ2v) is 8.88. The highest BCUT2D eigenvalue weighted by Gasteiger charge is 2.31. The van der Waals surface area contributed by atoms with Crippen LogP contribution >= 0.6 is 0 Å². The van der Waals surface area contributed by atoms with Crippen molar-refractivity contribution in [2.24, 2.45) is 0 Å². The van der Waals surface area contributed by atoms with Crippen molar-refractivity contribution < 1.29 is 19.0 Å². The quantitative estimate of drug-likeness (QED) is 0.312. The van der Waals surface area contributed by atoms with Crippen LogP contribution in [0.25, 0.3) is 0 Å². The third-order valence-electron chi connectivity index (χ3n) is 5.18. The number of carbonyl (C=O) groups is 1. The van der Waals surface area contributed by atoms with Crippen molar-refractivity contribution in [3.8, 4) is 17.2 Å². The average Bonchev–Trinajstić information content (AvgIpc) is 2.74. The molecule has 0 bridgehead atoms. The summed E-state index contributed by atoms with van der Waals surface area (Å²) in [6.45, 7) is 8.63. The number of hydrogen-bond acceptors (Lipinski definition) is 4. The van der Waals surface area contributed by atoms with E-state index in [9.17, 15) is 4.79 Å². The molecule has 3 rings (SSSR count). The zero-order valence-corrected chi connectivity index (χ0v) is 18.8. The van der Waals surface area contributed by atoms with Gasteiger partial charge in [0.1, 0.15) is 22.8 Å². The third-order valence-corrected chi connectivity index (χ3v) is 5.18. The fourth-order valence-corrected chi connectivity index (χ4v) is 3.88. The van der Waals surface area contributed by atoms with E-state index in [1.54, 1.807) is 43.5 Å². The number of carbonyl (C=O) groups excluding carboxylic acids is 1. The first-order valence-electron chi connectivity index (χ1n) is 10.4. The first-order valence-corrected chi connectivity index (χ1v) is 10.4. The zero-order chi connectivity index (χ0) is 22.5. The minimum atomic E-state index is -0.416. The standard InChI is InChI=1S/C27H30O4/c1-26(2,21-9-7-6-8-10-21)19-27(3,4)31-24-13-11-20(12-14-24)25(28)30-23-17-15-22(29-5)16-18-23/h6-18H,19H2,1-5H3. The molecule has 0 aliphatic rings. The van der Waals surface area contributed by atoms with Crippen molar-refractivity contribution >= 4 is 5.97 Å². The van der Waals surface area contributed by atoms with Crippen LogP contribution in [-0.4, -0.2) is 18.7 Å². The van der Waals surface area contributed by atoms with Gasteiger partial charge in [-0.3, -0.25) is 0 Å². The Morgan fingerprint density at radius 1 is 0.742 bits per heavy atom. The minimum absolute atomic E-state index is 0.0348. The van der Waals surface area contributed by atoms with Crippen LogP contribution in [-0.2, 0) is 5.41 Å². The van der Waals surface area contributed by atoms with Crippen LogP contribution in [0, 0.1) is 0 Å². The van der Waals surface area contributed by atoms with Gasteiger partial charge < -0.3 is 14.2 Å². The molecule has 0 aliphatic carbocycles. The maximum Gasteiger partial charge on any atom is 0.343 e. The van der Waals surface area contributed by atoms with Gasteiger partial charge in [-0.2, -0.15) is 0 Å². The van der Waals surface area contributed by atoms with Gasteiger partial charge in [-0.05, 0) is 79.8 Å². The van der Waals surface area contributed by atoms with Crippen LogP contribution in [0.4, 0.5) is 0 Å². The second kappa shape index (κ2) is 9.25. The van der Waals surface area contributed by atoms with Crippen LogP contribution in [0.3, 0.4) is 0 Å².